The Morgan fingerprint density at radius 2 is 1.63 bits per heavy atom. The molecule has 0 radical (unpaired) electrons. The van der Waals surface area contributed by atoms with Gasteiger partial charge in [0.05, 0.1) is 6.61 Å². The van der Waals surface area contributed by atoms with Gasteiger partial charge in [-0.15, -0.1) is 0 Å². The topological polar surface area (TPSA) is 9.23 Å². The number of hydrogen-bond donors (Lipinski definition) is 0. The molecule has 1 aromatic carbocycles. The van der Waals surface area contributed by atoms with Crippen molar-refractivity contribution in [2.45, 2.75) is 52.4 Å². The molecule has 0 aliphatic carbocycles. The minimum absolute atomic E-state index is 0.275. The average molecular weight is 270 g/mol. The third kappa shape index (κ3) is 7.14. The summed E-state index contributed by atoms with van der Waals surface area (Å²) in [5, 5.41) is 0. The molecule has 0 N–H and O–H groups in total. The molecule has 0 heterocycles. The molecule has 0 spiro atoms. The quantitative estimate of drug-likeness (QED) is 0.550. The molecule has 1 unspecified atom stereocenters. The summed E-state index contributed by atoms with van der Waals surface area (Å²) < 4.78 is 31.1. The van der Waals surface area contributed by atoms with Crippen LogP contribution in [0.3, 0.4) is 0 Å². The normalized spacial score (nSPS) is 12.4. The van der Waals surface area contributed by atoms with Crippen LogP contribution in [0.5, 0.6) is 5.75 Å². The van der Waals surface area contributed by atoms with Crippen molar-refractivity contribution in [3.8, 4) is 5.75 Å². The van der Waals surface area contributed by atoms with E-state index in [0.29, 0.717) is 6.61 Å². The molecule has 1 atom stereocenters. The number of hydrogen-bond acceptors (Lipinski definition) is 1. The van der Waals surface area contributed by atoms with Crippen LogP contribution in [0.15, 0.2) is 18.2 Å². The Hall–Kier alpha value is -1.12. The minimum atomic E-state index is -0.594. The highest BCUT2D eigenvalue weighted by molar-refractivity contribution is 5.23. The molecule has 1 aromatic rings. The van der Waals surface area contributed by atoms with E-state index in [9.17, 15) is 8.78 Å². The van der Waals surface area contributed by atoms with Crippen molar-refractivity contribution in [1.29, 1.82) is 0 Å². The molecule has 19 heavy (non-hydrogen) atoms. The fraction of sp³-hybridized carbons (Fsp3) is 0.625. The van der Waals surface area contributed by atoms with E-state index in [4.69, 9.17) is 4.74 Å². The second kappa shape index (κ2) is 8.89. The van der Waals surface area contributed by atoms with Gasteiger partial charge in [-0.25, -0.2) is 8.78 Å². The van der Waals surface area contributed by atoms with Crippen LogP contribution in [0.1, 0.15) is 52.4 Å². The van der Waals surface area contributed by atoms with Gasteiger partial charge in [0.25, 0.3) is 0 Å². The van der Waals surface area contributed by atoms with Gasteiger partial charge >= 0.3 is 0 Å². The highest BCUT2D eigenvalue weighted by atomic mass is 19.1. The number of benzene rings is 1. The van der Waals surface area contributed by atoms with Gasteiger partial charge in [0.2, 0.25) is 0 Å². The standard InChI is InChI=1S/C16H24F2O/c1-3-13(2)8-6-4-5-7-9-19-16-11-14(17)10-15(18)12-16/h10-13H,3-9H2,1-2H3. The third-order valence-corrected chi connectivity index (χ3v) is 3.39. The average Bonchev–Trinajstić information content (AvgIpc) is 2.36. The van der Waals surface area contributed by atoms with Crippen LogP contribution in [-0.4, -0.2) is 6.61 Å². The molecule has 0 aliphatic rings. The summed E-state index contributed by atoms with van der Waals surface area (Å²) in [7, 11) is 0. The van der Waals surface area contributed by atoms with Crippen molar-refractivity contribution in [3.05, 3.63) is 29.8 Å². The highest BCUT2D eigenvalue weighted by Gasteiger charge is 2.01. The van der Waals surface area contributed by atoms with E-state index in [0.717, 1.165) is 24.8 Å². The summed E-state index contributed by atoms with van der Waals surface area (Å²) in [4.78, 5) is 0. The molecule has 1 rings (SSSR count). The zero-order valence-electron chi connectivity index (χ0n) is 11.9. The van der Waals surface area contributed by atoms with Crippen LogP contribution >= 0.6 is 0 Å². The summed E-state index contributed by atoms with van der Waals surface area (Å²) >= 11 is 0. The van der Waals surface area contributed by atoms with Gasteiger partial charge in [-0.1, -0.05) is 46.0 Å². The number of halogens is 2. The molecule has 0 fully saturated rings. The van der Waals surface area contributed by atoms with Crippen LogP contribution < -0.4 is 4.74 Å². The smallest absolute Gasteiger partial charge is 0.129 e. The van der Waals surface area contributed by atoms with Gasteiger partial charge in [-0.05, 0) is 12.3 Å². The van der Waals surface area contributed by atoms with E-state index in [1.807, 2.05) is 0 Å². The molecule has 0 amide bonds. The molecule has 0 aliphatic heterocycles. The van der Waals surface area contributed by atoms with Crippen molar-refractivity contribution in [2.24, 2.45) is 5.92 Å². The van der Waals surface area contributed by atoms with Crippen molar-refractivity contribution < 1.29 is 13.5 Å². The van der Waals surface area contributed by atoms with Crippen molar-refractivity contribution >= 4 is 0 Å². The maximum absolute atomic E-state index is 12.9. The van der Waals surface area contributed by atoms with Gasteiger partial charge < -0.3 is 4.74 Å². The van der Waals surface area contributed by atoms with Gasteiger partial charge in [0, 0.05) is 18.2 Å². The van der Waals surface area contributed by atoms with Crippen LogP contribution in [-0.2, 0) is 0 Å². The van der Waals surface area contributed by atoms with E-state index in [2.05, 4.69) is 13.8 Å². The van der Waals surface area contributed by atoms with E-state index in [1.165, 1.54) is 37.8 Å². The first-order chi connectivity index (χ1) is 9.11. The lowest BCUT2D eigenvalue weighted by Crippen LogP contribution is -1.98. The zero-order valence-corrected chi connectivity index (χ0v) is 11.9. The monoisotopic (exact) mass is 270 g/mol. The molecule has 1 nitrogen and oxygen atoms in total. The first-order valence-corrected chi connectivity index (χ1v) is 7.20. The lowest BCUT2D eigenvalue weighted by Gasteiger charge is -2.08. The van der Waals surface area contributed by atoms with Crippen molar-refractivity contribution in [2.75, 3.05) is 6.61 Å². The van der Waals surface area contributed by atoms with Gasteiger partial charge in [-0.2, -0.15) is 0 Å². The maximum Gasteiger partial charge on any atom is 0.129 e. The fourth-order valence-electron chi connectivity index (χ4n) is 1.95. The fourth-order valence-corrected chi connectivity index (χ4v) is 1.95. The lowest BCUT2D eigenvalue weighted by atomic mass is 10.0. The molecule has 0 saturated heterocycles. The van der Waals surface area contributed by atoms with Crippen LogP contribution in [0.4, 0.5) is 8.78 Å². The number of unbranched alkanes of at least 4 members (excludes halogenated alkanes) is 3. The molecular weight excluding hydrogens is 246 g/mol. The van der Waals surface area contributed by atoms with Crippen molar-refractivity contribution in [3.63, 3.8) is 0 Å². The molecule has 0 bridgehead atoms. The molecular formula is C16H24F2O. The molecule has 108 valence electrons. The Morgan fingerprint density at radius 1 is 1.00 bits per heavy atom. The molecule has 0 saturated carbocycles. The van der Waals surface area contributed by atoms with Crippen molar-refractivity contribution in [1.82, 2.24) is 0 Å². The Labute approximate surface area is 115 Å². The second-order valence-electron chi connectivity index (χ2n) is 5.17. The zero-order chi connectivity index (χ0) is 14.1. The molecule has 0 aromatic heterocycles. The maximum atomic E-state index is 12.9. The van der Waals surface area contributed by atoms with E-state index in [1.54, 1.807) is 0 Å². The summed E-state index contributed by atoms with van der Waals surface area (Å²) in [6.45, 7) is 5.02. The second-order valence-corrected chi connectivity index (χ2v) is 5.17. The Bertz CT molecular complexity index is 346. The van der Waals surface area contributed by atoms with Crippen LogP contribution in [0, 0.1) is 17.6 Å². The lowest BCUT2D eigenvalue weighted by molar-refractivity contribution is 0.300. The first kappa shape index (κ1) is 15.9. The summed E-state index contributed by atoms with van der Waals surface area (Å²) in [6.07, 6.45) is 7.02. The first-order valence-electron chi connectivity index (χ1n) is 7.20. The Balaban J connectivity index is 2.07. The SMILES string of the molecule is CCC(C)CCCCCCOc1cc(F)cc(F)c1. The summed E-state index contributed by atoms with van der Waals surface area (Å²) in [6, 6.07) is 3.28. The Morgan fingerprint density at radius 3 is 2.26 bits per heavy atom. The molecule has 3 heteroatoms. The number of ether oxygens (including phenoxy) is 1. The van der Waals surface area contributed by atoms with Gasteiger partial charge in [0.15, 0.2) is 0 Å². The Kier molecular flexibility index (Phi) is 7.46. The third-order valence-electron chi connectivity index (χ3n) is 3.39. The van der Waals surface area contributed by atoms with Gasteiger partial charge in [-0.3, -0.25) is 0 Å². The van der Waals surface area contributed by atoms with E-state index >= 15 is 0 Å². The van der Waals surface area contributed by atoms with Crippen LogP contribution in [0.2, 0.25) is 0 Å². The largest absolute Gasteiger partial charge is 0.493 e. The van der Waals surface area contributed by atoms with Crippen LogP contribution in [0.25, 0.3) is 0 Å². The highest BCUT2D eigenvalue weighted by Crippen LogP contribution is 2.16. The van der Waals surface area contributed by atoms with E-state index < -0.39 is 11.6 Å². The number of rotatable bonds is 9. The summed E-state index contributed by atoms with van der Waals surface area (Å²) in [5.41, 5.74) is 0. The predicted octanol–water partition coefficient (Wildman–Crippen LogP) is 5.34. The predicted molar refractivity (Wildman–Crippen MR) is 74.4 cm³/mol. The van der Waals surface area contributed by atoms with Gasteiger partial charge in [0.1, 0.15) is 17.4 Å². The minimum Gasteiger partial charge on any atom is -0.493 e. The van der Waals surface area contributed by atoms with E-state index in [-0.39, 0.29) is 5.75 Å². The summed E-state index contributed by atoms with van der Waals surface area (Å²) in [5.74, 6) is -0.101.